The molecule has 1 aliphatic heterocycles. The molecule has 16 heavy (non-hydrogen) atoms. The molecule has 1 atom stereocenters. The summed E-state index contributed by atoms with van der Waals surface area (Å²) >= 11 is 0. The first-order valence-corrected chi connectivity index (χ1v) is 4.62. The summed E-state index contributed by atoms with van der Waals surface area (Å²) in [7, 11) is 2.42. The highest BCUT2D eigenvalue weighted by Gasteiger charge is 2.31. The van der Waals surface area contributed by atoms with Crippen LogP contribution in [0, 0.1) is 5.92 Å². The lowest BCUT2D eigenvalue weighted by molar-refractivity contribution is -0.222. The molecular weight excluding hydrogens is 214 g/mol. The van der Waals surface area contributed by atoms with Gasteiger partial charge >= 0.3 is 11.9 Å². The lowest BCUT2D eigenvalue weighted by Crippen LogP contribution is -2.30. The first kappa shape index (κ1) is 12.2. The zero-order valence-corrected chi connectivity index (χ0v) is 9.27. The number of rotatable bonds is 3. The van der Waals surface area contributed by atoms with Crippen molar-refractivity contribution >= 4 is 17.8 Å². The maximum absolute atomic E-state index is 11.4. The summed E-state index contributed by atoms with van der Waals surface area (Å²) in [6.45, 7) is 1.53. The molecule has 88 valence electrons. The highest BCUT2D eigenvalue weighted by molar-refractivity contribution is 6.01. The number of hydrogen-bond donors (Lipinski definition) is 0. The minimum Gasteiger partial charge on any atom is -0.861 e. The van der Waals surface area contributed by atoms with Crippen LogP contribution in [0.1, 0.15) is 13.3 Å². The second-order valence-electron chi connectivity index (χ2n) is 3.27. The van der Waals surface area contributed by atoms with Crippen LogP contribution >= 0.6 is 0 Å². The minimum atomic E-state index is -0.875. The lowest BCUT2D eigenvalue weighted by Gasteiger charge is -2.17. The van der Waals surface area contributed by atoms with Gasteiger partial charge in [0.05, 0.1) is 26.2 Å². The fourth-order valence-corrected chi connectivity index (χ4v) is 1.52. The number of methoxy groups -OCH3 is 2. The van der Waals surface area contributed by atoms with Crippen LogP contribution < -0.4 is 5.11 Å². The first-order valence-electron chi connectivity index (χ1n) is 4.62. The van der Waals surface area contributed by atoms with Gasteiger partial charge in [-0.3, -0.25) is 9.79 Å². The molecule has 0 aromatic rings. The standard InChI is InChI=1S/C10H13NO5/c1-5-8(10(14)16-3)6(9(13)11-5)4-7(12)15-2/h6H,4H2,1-3H3,(H,11,13)/p-1/t6-/m1/s1. The fraction of sp³-hybridized carbons (Fsp3) is 0.500. The van der Waals surface area contributed by atoms with Crippen molar-refractivity contribution in [1.82, 2.24) is 0 Å². The minimum absolute atomic E-state index is 0.137. The molecule has 0 aromatic heterocycles. The van der Waals surface area contributed by atoms with Crippen LogP contribution in [0.25, 0.3) is 0 Å². The third-order valence-corrected chi connectivity index (χ3v) is 2.32. The smallest absolute Gasteiger partial charge is 0.336 e. The highest BCUT2D eigenvalue weighted by atomic mass is 16.5. The summed E-state index contributed by atoms with van der Waals surface area (Å²) in [4.78, 5) is 26.1. The predicted molar refractivity (Wildman–Crippen MR) is 52.3 cm³/mol. The van der Waals surface area contributed by atoms with Gasteiger partial charge in [-0.25, -0.2) is 4.79 Å². The Bertz CT molecular complexity index is 383. The van der Waals surface area contributed by atoms with Gasteiger partial charge in [0.2, 0.25) is 0 Å². The van der Waals surface area contributed by atoms with Crippen molar-refractivity contribution in [3.05, 3.63) is 11.3 Å². The number of carbonyl (C=O) groups excluding carboxylic acids is 2. The number of allylic oxidation sites excluding steroid dienone is 1. The molecule has 0 amide bonds. The van der Waals surface area contributed by atoms with Gasteiger partial charge in [0.15, 0.2) is 0 Å². The molecule has 0 radical (unpaired) electrons. The Morgan fingerprint density at radius 3 is 2.50 bits per heavy atom. The molecular formula is C10H12NO5-. The van der Waals surface area contributed by atoms with E-state index < -0.39 is 23.8 Å². The second kappa shape index (κ2) is 4.78. The molecule has 6 nitrogen and oxygen atoms in total. The average molecular weight is 226 g/mol. The molecule has 0 unspecified atom stereocenters. The maximum atomic E-state index is 11.4. The molecule has 0 bridgehead atoms. The monoisotopic (exact) mass is 226 g/mol. The highest BCUT2D eigenvalue weighted by Crippen LogP contribution is 2.27. The Balaban J connectivity index is 2.93. The molecule has 6 heteroatoms. The summed E-state index contributed by atoms with van der Waals surface area (Å²) in [5.41, 5.74) is 0.434. The average Bonchev–Trinajstić information content (AvgIpc) is 2.53. The van der Waals surface area contributed by atoms with Gasteiger partial charge < -0.3 is 14.6 Å². The molecule has 0 N–H and O–H groups in total. The van der Waals surface area contributed by atoms with Crippen molar-refractivity contribution in [3.63, 3.8) is 0 Å². The van der Waals surface area contributed by atoms with E-state index in [1.807, 2.05) is 0 Å². The number of aliphatic imine (C=N–C) groups is 1. The zero-order chi connectivity index (χ0) is 12.3. The Kier molecular flexibility index (Phi) is 3.65. The van der Waals surface area contributed by atoms with Crippen LogP contribution in [-0.2, 0) is 19.1 Å². The maximum Gasteiger partial charge on any atom is 0.336 e. The lowest BCUT2D eigenvalue weighted by atomic mass is 9.96. The molecule has 1 heterocycles. The summed E-state index contributed by atoms with van der Waals surface area (Å²) in [5.74, 6) is -2.59. The summed E-state index contributed by atoms with van der Waals surface area (Å²) in [6.07, 6.45) is -0.194. The second-order valence-corrected chi connectivity index (χ2v) is 3.27. The molecule has 0 saturated heterocycles. The molecule has 0 spiro atoms. The van der Waals surface area contributed by atoms with Crippen molar-refractivity contribution in [2.75, 3.05) is 14.2 Å². The number of esters is 2. The third kappa shape index (κ3) is 2.21. The largest absolute Gasteiger partial charge is 0.861 e. The van der Waals surface area contributed by atoms with Gasteiger partial charge in [0, 0.05) is 11.6 Å². The molecule has 0 saturated carbocycles. The van der Waals surface area contributed by atoms with Gasteiger partial charge in [-0.05, 0) is 12.8 Å². The van der Waals surface area contributed by atoms with Crippen LogP contribution in [0.2, 0.25) is 0 Å². The van der Waals surface area contributed by atoms with E-state index in [4.69, 9.17) is 0 Å². The molecule has 1 aliphatic rings. The van der Waals surface area contributed by atoms with Crippen molar-refractivity contribution in [1.29, 1.82) is 0 Å². The van der Waals surface area contributed by atoms with E-state index in [9.17, 15) is 14.7 Å². The number of carbonyl (C=O) groups is 2. The topological polar surface area (TPSA) is 88.0 Å². The number of hydrogen-bond acceptors (Lipinski definition) is 6. The summed E-state index contributed by atoms with van der Waals surface area (Å²) < 4.78 is 8.99. The van der Waals surface area contributed by atoms with Crippen molar-refractivity contribution in [2.45, 2.75) is 13.3 Å². The Hall–Kier alpha value is -1.85. The van der Waals surface area contributed by atoms with Crippen LogP contribution in [0.3, 0.4) is 0 Å². The zero-order valence-electron chi connectivity index (χ0n) is 9.27. The van der Waals surface area contributed by atoms with E-state index in [1.54, 1.807) is 0 Å². The molecule has 0 aromatic carbocycles. The molecule has 0 fully saturated rings. The molecule has 1 rings (SSSR count). The Morgan fingerprint density at radius 2 is 2.00 bits per heavy atom. The SMILES string of the molecule is COC(=O)C[C@H]1C([O-])=NC(C)=C1C(=O)OC. The first-order chi connectivity index (χ1) is 7.51. The van der Waals surface area contributed by atoms with Crippen molar-refractivity contribution in [3.8, 4) is 0 Å². The van der Waals surface area contributed by atoms with Gasteiger partial charge in [0.25, 0.3) is 0 Å². The van der Waals surface area contributed by atoms with Gasteiger partial charge in [-0.15, -0.1) is 0 Å². The Labute approximate surface area is 92.6 Å². The van der Waals surface area contributed by atoms with E-state index in [-0.39, 0.29) is 12.0 Å². The third-order valence-electron chi connectivity index (χ3n) is 2.32. The quantitative estimate of drug-likeness (QED) is 0.599. The van der Waals surface area contributed by atoms with Gasteiger partial charge in [0.1, 0.15) is 0 Å². The van der Waals surface area contributed by atoms with Crippen LogP contribution in [-0.4, -0.2) is 32.1 Å². The van der Waals surface area contributed by atoms with E-state index >= 15 is 0 Å². The fourth-order valence-electron chi connectivity index (χ4n) is 1.52. The number of ether oxygens (including phenoxy) is 2. The molecule has 0 aliphatic carbocycles. The van der Waals surface area contributed by atoms with Crippen molar-refractivity contribution in [2.24, 2.45) is 10.9 Å². The van der Waals surface area contributed by atoms with Crippen LogP contribution in [0.15, 0.2) is 16.3 Å². The summed E-state index contributed by atoms with van der Waals surface area (Å²) in [6, 6.07) is 0. The Morgan fingerprint density at radius 1 is 1.38 bits per heavy atom. The van der Waals surface area contributed by atoms with Crippen LogP contribution in [0.4, 0.5) is 0 Å². The van der Waals surface area contributed by atoms with E-state index in [0.29, 0.717) is 5.70 Å². The van der Waals surface area contributed by atoms with Crippen molar-refractivity contribution < 1.29 is 24.2 Å². The normalized spacial score (nSPS) is 19.4. The van der Waals surface area contributed by atoms with E-state index in [2.05, 4.69) is 14.5 Å². The van der Waals surface area contributed by atoms with Crippen LogP contribution in [0.5, 0.6) is 0 Å². The van der Waals surface area contributed by atoms with Gasteiger partial charge in [-0.2, -0.15) is 0 Å². The summed E-state index contributed by atoms with van der Waals surface area (Å²) in [5, 5.41) is 11.4. The van der Waals surface area contributed by atoms with E-state index in [0.717, 1.165) is 0 Å². The van der Waals surface area contributed by atoms with Gasteiger partial charge in [-0.1, -0.05) is 0 Å². The van der Waals surface area contributed by atoms with E-state index in [1.165, 1.54) is 21.1 Å². The predicted octanol–water partition coefficient (Wildman–Crippen LogP) is -0.615. The number of nitrogens with zero attached hydrogens (tertiary/aromatic N) is 1.